The SMILES string of the molecule is C=CCOC(=O)/C(C#N)=c1\s/c(=C\C=C\c2cnc(C)[nH]2)c(=O)n1CC.[HH]. The zero-order valence-corrected chi connectivity index (χ0v) is 15.3. The summed E-state index contributed by atoms with van der Waals surface area (Å²) in [6, 6.07) is 1.84. The fraction of sp³-hybridized carbons (Fsp3) is 0.222. The van der Waals surface area contributed by atoms with Crippen LogP contribution in [0.2, 0.25) is 0 Å². The van der Waals surface area contributed by atoms with Crippen LogP contribution in [0.3, 0.4) is 0 Å². The van der Waals surface area contributed by atoms with Gasteiger partial charge in [0, 0.05) is 7.97 Å². The Morgan fingerprint density at radius 1 is 1.62 bits per heavy atom. The molecule has 26 heavy (non-hydrogen) atoms. The van der Waals surface area contributed by atoms with Crippen molar-refractivity contribution in [3.05, 3.63) is 56.0 Å². The molecule has 0 fully saturated rings. The molecule has 2 rings (SSSR count). The molecule has 1 N–H and O–H groups in total. The molecule has 0 saturated carbocycles. The van der Waals surface area contributed by atoms with Gasteiger partial charge in [-0.15, -0.1) is 11.3 Å². The van der Waals surface area contributed by atoms with Gasteiger partial charge in [-0.1, -0.05) is 18.7 Å². The summed E-state index contributed by atoms with van der Waals surface area (Å²) in [4.78, 5) is 31.7. The minimum atomic E-state index is -0.772. The number of aromatic amines is 1. The van der Waals surface area contributed by atoms with E-state index in [0.717, 1.165) is 22.9 Å². The molecular weight excluding hydrogens is 352 g/mol. The molecule has 2 heterocycles. The van der Waals surface area contributed by atoms with Gasteiger partial charge in [-0.3, -0.25) is 9.36 Å². The summed E-state index contributed by atoms with van der Waals surface area (Å²) in [5.41, 5.74) is 0.356. The summed E-state index contributed by atoms with van der Waals surface area (Å²) in [6.07, 6.45) is 8.23. The maximum atomic E-state index is 12.5. The number of nitriles is 1. The highest BCUT2D eigenvalue weighted by molar-refractivity contribution is 7.07. The van der Waals surface area contributed by atoms with Crippen molar-refractivity contribution in [3.63, 3.8) is 0 Å². The normalized spacial score (nSPS) is 12.9. The van der Waals surface area contributed by atoms with Crippen LogP contribution in [0, 0.1) is 18.3 Å². The lowest BCUT2D eigenvalue weighted by Crippen LogP contribution is -2.32. The molecule has 136 valence electrons. The molecule has 0 radical (unpaired) electrons. The largest absolute Gasteiger partial charge is 0.457 e. The highest BCUT2D eigenvalue weighted by Crippen LogP contribution is 1.99. The van der Waals surface area contributed by atoms with Gasteiger partial charge in [0.1, 0.15) is 23.2 Å². The van der Waals surface area contributed by atoms with Crippen LogP contribution in [0.1, 0.15) is 19.9 Å². The van der Waals surface area contributed by atoms with E-state index < -0.39 is 5.97 Å². The summed E-state index contributed by atoms with van der Waals surface area (Å²) in [7, 11) is 0. The average Bonchev–Trinajstić information content (AvgIpc) is 3.17. The summed E-state index contributed by atoms with van der Waals surface area (Å²) in [5, 5.41) is 9.34. The fourth-order valence-corrected chi connectivity index (χ4v) is 3.26. The molecule has 0 unspecified atom stereocenters. The molecule has 0 amide bonds. The van der Waals surface area contributed by atoms with Crippen molar-refractivity contribution in [2.45, 2.75) is 20.4 Å². The first-order valence-electron chi connectivity index (χ1n) is 7.83. The first-order chi connectivity index (χ1) is 12.5. The van der Waals surface area contributed by atoms with Crippen LogP contribution in [0.5, 0.6) is 0 Å². The molecule has 8 heteroatoms. The van der Waals surface area contributed by atoms with Gasteiger partial charge in [0.15, 0.2) is 5.57 Å². The minimum Gasteiger partial charge on any atom is -0.457 e. The van der Waals surface area contributed by atoms with E-state index in [4.69, 9.17) is 4.74 Å². The third-order valence-corrected chi connectivity index (χ3v) is 4.48. The highest BCUT2D eigenvalue weighted by atomic mass is 32.1. The number of aryl methyl sites for hydroxylation is 1. The summed E-state index contributed by atoms with van der Waals surface area (Å²) in [5.74, 6) is 0.0218. The minimum absolute atomic E-state index is 0. The molecule has 0 bridgehead atoms. The monoisotopic (exact) mass is 372 g/mol. The van der Waals surface area contributed by atoms with Gasteiger partial charge in [-0.05, 0) is 26.0 Å². The fourth-order valence-electron chi connectivity index (χ4n) is 2.16. The number of rotatable bonds is 6. The molecule has 0 atom stereocenters. The van der Waals surface area contributed by atoms with Gasteiger partial charge in [-0.25, -0.2) is 9.78 Å². The number of esters is 1. The highest BCUT2D eigenvalue weighted by Gasteiger charge is 2.16. The van der Waals surface area contributed by atoms with Crippen LogP contribution >= 0.6 is 11.3 Å². The van der Waals surface area contributed by atoms with Crippen molar-refractivity contribution in [2.75, 3.05) is 6.61 Å². The van der Waals surface area contributed by atoms with Crippen LogP contribution in [0.25, 0.3) is 17.7 Å². The number of carbonyl (C=O) groups excluding carboxylic acids is 1. The van der Waals surface area contributed by atoms with Crippen LogP contribution in [-0.2, 0) is 16.1 Å². The second-order valence-corrected chi connectivity index (χ2v) is 6.18. The molecule has 0 aliphatic heterocycles. The van der Waals surface area contributed by atoms with Gasteiger partial charge in [0.25, 0.3) is 5.56 Å². The maximum Gasteiger partial charge on any atom is 0.352 e. The quantitative estimate of drug-likeness (QED) is 0.605. The molecule has 2 aromatic heterocycles. The Balaban J connectivity index is 0.00000364. The first kappa shape index (κ1) is 19.1. The number of hydrogen-bond acceptors (Lipinski definition) is 6. The third kappa shape index (κ3) is 4.26. The number of thiazole rings is 1. The van der Waals surface area contributed by atoms with E-state index in [2.05, 4.69) is 16.5 Å². The van der Waals surface area contributed by atoms with E-state index in [9.17, 15) is 14.9 Å². The van der Waals surface area contributed by atoms with Gasteiger partial charge >= 0.3 is 5.97 Å². The smallest absolute Gasteiger partial charge is 0.352 e. The molecular formula is C18H20N4O3S. The standard InChI is InChI=1S/C18H18N4O3S.H2/c1-4-9-25-18(24)14(10-19)17-22(5-2)16(23)15(26-17)8-6-7-13-11-20-12(3)21-13;/h4,6-8,11H,1,5,9H2,2-3H3,(H,20,21);1H/b7-6+,15-8-,17-14-;. The number of imidazole rings is 1. The third-order valence-electron chi connectivity index (χ3n) is 3.33. The van der Waals surface area contributed by atoms with Gasteiger partial charge < -0.3 is 9.72 Å². The second-order valence-electron chi connectivity index (χ2n) is 5.14. The van der Waals surface area contributed by atoms with E-state index in [1.165, 1.54) is 10.6 Å². The predicted molar refractivity (Wildman–Crippen MR) is 103 cm³/mol. The van der Waals surface area contributed by atoms with Crippen LogP contribution in [0.15, 0.2) is 29.7 Å². The number of aromatic nitrogens is 3. The Bertz CT molecular complexity index is 1070. The van der Waals surface area contributed by atoms with Crippen molar-refractivity contribution < 1.29 is 11.0 Å². The maximum absolute atomic E-state index is 12.5. The zero-order valence-electron chi connectivity index (χ0n) is 14.5. The topological polar surface area (TPSA) is 101 Å². The number of allylic oxidation sites excluding steroid dienone is 1. The number of carbonyl (C=O) groups is 1. The molecule has 0 saturated heterocycles. The Morgan fingerprint density at radius 3 is 2.96 bits per heavy atom. The zero-order chi connectivity index (χ0) is 19.1. The van der Waals surface area contributed by atoms with Crippen molar-refractivity contribution in [3.8, 4) is 6.07 Å². The van der Waals surface area contributed by atoms with Crippen molar-refractivity contribution >= 4 is 35.0 Å². The van der Waals surface area contributed by atoms with E-state index >= 15 is 0 Å². The molecule has 0 aliphatic carbocycles. The average molecular weight is 372 g/mol. The molecule has 0 aliphatic rings. The van der Waals surface area contributed by atoms with Crippen LogP contribution in [0.4, 0.5) is 0 Å². The van der Waals surface area contributed by atoms with Crippen molar-refractivity contribution in [1.29, 1.82) is 5.26 Å². The van der Waals surface area contributed by atoms with Crippen molar-refractivity contribution in [1.82, 2.24) is 14.5 Å². The molecule has 0 aromatic carbocycles. The Kier molecular flexibility index (Phi) is 6.47. The number of nitrogens with zero attached hydrogens (tertiary/aromatic N) is 3. The van der Waals surface area contributed by atoms with E-state index in [0.29, 0.717) is 11.1 Å². The number of ether oxygens (including phenoxy) is 1. The summed E-state index contributed by atoms with van der Waals surface area (Å²) in [6.45, 7) is 7.41. The van der Waals surface area contributed by atoms with Gasteiger partial charge in [-0.2, -0.15) is 5.26 Å². The van der Waals surface area contributed by atoms with Crippen LogP contribution < -0.4 is 14.8 Å². The Hall–Kier alpha value is -3.18. The van der Waals surface area contributed by atoms with E-state index in [1.807, 2.05) is 13.0 Å². The molecule has 2 aromatic rings. The van der Waals surface area contributed by atoms with Gasteiger partial charge in [0.2, 0.25) is 0 Å². The second kappa shape index (κ2) is 8.78. The van der Waals surface area contributed by atoms with E-state index in [-0.39, 0.29) is 23.8 Å². The van der Waals surface area contributed by atoms with Crippen LogP contribution in [-0.4, -0.2) is 27.1 Å². The lowest BCUT2D eigenvalue weighted by molar-refractivity contribution is -0.135. The summed E-state index contributed by atoms with van der Waals surface area (Å²) < 4.78 is 7.01. The molecule has 7 nitrogen and oxygen atoms in total. The Morgan fingerprint density at radius 2 is 2.38 bits per heavy atom. The van der Waals surface area contributed by atoms with Crippen molar-refractivity contribution in [2.24, 2.45) is 0 Å². The predicted octanol–water partition coefficient (Wildman–Crippen LogP) is 1.10. The van der Waals surface area contributed by atoms with E-state index in [1.54, 1.807) is 31.3 Å². The number of hydrogen-bond donors (Lipinski definition) is 1. The van der Waals surface area contributed by atoms with Gasteiger partial charge in [0.05, 0.1) is 16.4 Å². The number of nitrogens with one attached hydrogen (secondary N) is 1. The lowest BCUT2D eigenvalue weighted by atomic mass is 10.3. The summed E-state index contributed by atoms with van der Waals surface area (Å²) >= 11 is 1.08. The number of H-pyrrole nitrogens is 1. The molecule has 0 spiro atoms. The first-order valence-corrected chi connectivity index (χ1v) is 8.65. The Labute approximate surface area is 155 Å². The lowest BCUT2D eigenvalue weighted by Gasteiger charge is -2.00.